The SMILES string of the molecule is CN1CCC(C(=NO)c2ccccc2)(c2ccccc2)CC1. The molecule has 0 saturated carbocycles. The van der Waals surface area contributed by atoms with E-state index in [1.807, 2.05) is 36.4 Å². The Morgan fingerprint density at radius 3 is 2.05 bits per heavy atom. The summed E-state index contributed by atoms with van der Waals surface area (Å²) in [7, 11) is 2.15. The molecule has 0 atom stereocenters. The predicted molar refractivity (Wildman–Crippen MR) is 89.6 cm³/mol. The lowest BCUT2D eigenvalue weighted by Gasteiger charge is -2.41. The third-order valence-corrected chi connectivity index (χ3v) is 4.77. The lowest BCUT2D eigenvalue weighted by atomic mass is 9.67. The third kappa shape index (κ3) is 2.64. The molecule has 0 bridgehead atoms. The van der Waals surface area contributed by atoms with Crippen LogP contribution in [0.15, 0.2) is 65.8 Å². The highest BCUT2D eigenvalue weighted by Gasteiger charge is 2.41. The van der Waals surface area contributed by atoms with Crippen LogP contribution in [0.5, 0.6) is 0 Å². The zero-order valence-electron chi connectivity index (χ0n) is 12.9. The van der Waals surface area contributed by atoms with Gasteiger partial charge in [-0.2, -0.15) is 0 Å². The Labute approximate surface area is 131 Å². The summed E-state index contributed by atoms with van der Waals surface area (Å²) in [5.41, 5.74) is 2.80. The van der Waals surface area contributed by atoms with Crippen LogP contribution in [-0.2, 0) is 5.41 Å². The second-order valence-corrected chi connectivity index (χ2v) is 6.07. The number of likely N-dealkylation sites (tertiary alicyclic amines) is 1. The van der Waals surface area contributed by atoms with Crippen LogP contribution >= 0.6 is 0 Å². The Morgan fingerprint density at radius 1 is 0.955 bits per heavy atom. The van der Waals surface area contributed by atoms with Crippen molar-refractivity contribution >= 4 is 5.71 Å². The van der Waals surface area contributed by atoms with Crippen molar-refractivity contribution in [1.29, 1.82) is 0 Å². The van der Waals surface area contributed by atoms with Gasteiger partial charge in [0.15, 0.2) is 0 Å². The molecule has 0 aliphatic carbocycles. The zero-order valence-corrected chi connectivity index (χ0v) is 12.9. The van der Waals surface area contributed by atoms with E-state index in [9.17, 15) is 5.21 Å². The Bertz CT molecular complexity index is 629. The van der Waals surface area contributed by atoms with Crippen LogP contribution in [0, 0.1) is 0 Å². The van der Waals surface area contributed by atoms with Gasteiger partial charge in [-0.25, -0.2) is 0 Å². The Kier molecular flexibility index (Phi) is 4.25. The minimum atomic E-state index is -0.218. The summed E-state index contributed by atoms with van der Waals surface area (Å²) in [5.74, 6) is 0. The maximum Gasteiger partial charge on any atom is 0.0974 e. The molecule has 0 spiro atoms. The molecule has 3 nitrogen and oxygen atoms in total. The van der Waals surface area contributed by atoms with Gasteiger partial charge in [-0.15, -0.1) is 0 Å². The fourth-order valence-electron chi connectivity index (χ4n) is 3.45. The van der Waals surface area contributed by atoms with Crippen LogP contribution in [0.1, 0.15) is 24.0 Å². The lowest BCUT2D eigenvalue weighted by Crippen LogP contribution is -2.46. The van der Waals surface area contributed by atoms with Crippen LogP contribution in [0.3, 0.4) is 0 Å². The van der Waals surface area contributed by atoms with Gasteiger partial charge in [0.25, 0.3) is 0 Å². The molecule has 0 unspecified atom stereocenters. The average Bonchev–Trinajstić information content (AvgIpc) is 2.59. The average molecular weight is 294 g/mol. The van der Waals surface area contributed by atoms with Gasteiger partial charge in [-0.05, 0) is 38.5 Å². The maximum atomic E-state index is 9.80. The molecule has 1 aliphatic heterocycles. The van der Waals surface area contributed by atoms with E-state index in [0.717, 1.165) is 37.2 Å². The molecule has 0 amide bonds. The Balaban J connectivity index is 2.09. The highest BCUT2D eigenvalue weighted by Crippen LogP contribution is 2.38. The van der Waals surface area contributed by atoms with E-state index in [1.165, 1.54) is 5.56 Å². The van der Waals surface area contributed by atoms with Crippen molar-refractivity contribution in [1.82, 2.24) is 4.90 Å². The van der Waals surface area contributed by atoms with E-state index >= 15 is 0 Å². The van der Waals surface area contributed by atoms with Gasteiger partial charge in [0.05, 0.1) is 5.71 Å². The van der Waals surface area contributed by atoms with Gasteiger partial charge in [0, 0.05) is 11.0 Å². The van der Waals surface area contributed by atoms with Crippen LogP contribution in [0.25, 0.3) is 0 Å². The van der Waals surface area contributed by atoms with Crippen molar-refractivity contribution < 1.29 is 5.21 Å². The van der Waals surface area contributed by atoms with Crippen molar-refractivity contribution in [2.75, 3.05) is 20.1 Å². The summed E-state index contributed by atoms with van der Waals surface area (Å²) in [5, 5.41) is 13.6. The number of oxime groups is 1. The van der Waals surface area contributed by atoms with Gasteiger partial charge in [-0.1, -0.05) is 65.8 Å². The van der Waals surface area contributed by atoms with Crippen molar-refractivity contribution in [3.63, 3.8) is 0 Å². The molecule has 1 fully saturated rings. The summed E-state index contributed by atoms with van der Waals surface area (Å²) in [6.07, 6.45) is 1.92. The van der Waals surface area contributed by atoms with E-state index < -0.39 is 0 Å². The fourth-order valence-corrected chi connectivity index (χ4v) is 3.45. The number of nitrogens with zero attached hydrogens (tertiary/aromatic N) is 2. The minimum Gasteiger partial charge on any atom is -0.411 e. The van der Waals surface area contributed by atoms with Crippen LogP contribution in [-0.4, -0.2) is 36.0 Å². The zero-order chi connectivity index (χ0) is 15.4. The largest absolute Gasteiger partial charge is 0.411 e. The third-order valence-electron chi connectivity index (χ3n) is 4.77. The Hall–Kier alpha value is -2.13. The first kappa shape index (κ1) is 14.8. The number of piperidine rings is 1. The van der Waals surface area contributed by atoms with Gasteiger partial charge in [0.2, 0.25) is 0 Å². The summed E-state index contributed by atoms with van der Waals surface area (Å²) >= 11 is 0. The van der Waals surface area contributed by atoms with E-state index in [0.29, 0.717) is 0 Å². The molecule has 0 aromatic heterocycles. The minimum absolute atomic E-state index is 0.218. The van der Waals surface area contributed by atoms with Gasteiger partial charge < -0.3 is 10.1 Å². The van der Waals surface area contributed by atoms with E-state index in [1.54, 1.807) is 0 Å². The molecule has 1 heterocycles. The van der Waals surface area contributed by atoms with Gasteiger partial charge in [-0.3, -0.25) is 0 Å². The first-order valence-corrected chi connectivity index (χ1v) is 7.78. The molecule has 22 heavy (non-hydrogen) atoms. The van der Waals surface area contributed by atoms with Crippen molar-refractivity contribution in [2.24, 2.45) is 5.16 Å². The molecule has 2 aromatic carbocycles. The molecule has 1 N–H and O–H groups in total. The predicted octanol–water partition coefficient (Wildman–Crippen LogP) is 3.53. The highest BCUT2D eigenvalue weighted by atomic mass is 16.4. The van der Waals surface area contributed by atoms with E-state index in [2.05, 4.69) is 41.4 Å². The molecular formula is C19H22N2O. The quantitative estimate of drug-likeness (QED) is 0.534. The van der Waals surface area contributed by atoms with Gasteiger partial charge in [0.1, 0.15) is 0 Å². The molecule has 114 valence electrons. The Morgan fingerprint density at radius 2 is 1.50 bits per heavy atom. The molecule has 3 rings (SSSR count). The number of hydrogen-bond acceptors (Lipinski definition) is 3. The standard InChI is InChI=1S/C19H22N2O/c1-21-14-12-19(13-15-21,17-10-6-3-7-11-17)18(20-22)16-8-4-2-5-9-16/h2-11,22H,12-15H2,1H3. The molecule has 1 saturated heterocycles. The molecule has 3 heteroatoms. The summed E-state index contributed by atoms with van der Waals surface area (Å²) in [6, 6.07) is 20.5. The second-order valence-electron chi connectivity index (χ2n) is 6.07. The monoisotopic (exact) mass is 294 g/mol. The first-order chi connectivity index (χ1) is 10.8. The van der Waals surface area contributed by atoms with Crippen molar-refractivity contribution in [2.45, 2.75) is 18.3 Å². The first-order valence-electron chi connectivity index (χ1n) is 7.78. The van der Waals surface area contributed by atoms with Crippen molar-refractivity contribution in [3.8, 4) is 0 Å². The van der Waals surface area contributed by atoms with Crippen LogP contribution in [0.2, 0.25) is 0 Å². The maximum absolute atomic E-state index is 9.80. The summed E-state index contributed by atoms with van der Waals surface area (Å²) in [6.45, 7) is 2.00. The van der Waals surface area contributed by atoms with Gasteiger partial charge >= 0.3 is 0 Å². The lowest BCUT2D eigenvalue weighted by molar-refractivity contribution is 0.223. The normalized spacial score (nSPS) is 19.0. The molecule has 2 aromatic rings. The summed E-state index contributed by atoms with van der Waals surface area (Å²) < 4.78 is 0. The number of hydrogen-bond donors (Lipinski definition) is 1. The van der Waals surface area contributed by atoms with Crippen LogP contribution in [0.4, 0.5) is 0 Å². The second kappa shape index (κ2) is 6.32. The summed E-state index contributed by atoms with van der Waals surface area (Å²) in [4.78, 5) is 2.33. The molecular weight excluding hydrogens is 272 g/mol. The number of benzene rings is 2. The van der Waals surface area contributed by atoms with Crippen LogP contribution < -0.4 is 0 Å². The molecule has 0 radical (unpaired) electrons. The van der Waals surface area contributed by atoms with E-state index in [-0.39, 0.29) is 5.41 Å². The van der Waals surface area contributed by atoms with Crippen molar-refractivity contribution in [3.05, 3.63) is 71.8 Å². The smallest absolute Gasteiger partial charge is 0.0974 e. The molecule has 1 aliphatic rings. The van der Waals surface area contributed by atoms with E-state index in [4.69, 9.17) is 0 Å². The highest BCUT2D eigenvalue weighted by molar-refractivity contribution is 6.07. The fraction of sp³-hybridized carbons (Fsp3) is 0.316. The topological polar surface area (TPSA) is 35.8 Å². The number of rotatable bonds is 3.